The van der Waals surface area contributed by atoms with E-state index in [1.807, 2.05) is 43.3 Å². The number of esters is 1. The Morgan fingerprint density at radius 3 is 2.57 bits per heavy atom. The van der Waals surface area contributed by atoms with Gasteiger partial charge in [0.2, 0.25) is 0 Å². The van der Waals surface area contributed by atoms with E-state index in [0.717, 1.165) is 22.3 Å². The monoisotopic (exact) mass is 281 g/mol. The van der Waals surface area contributed by atoms with E-state index in [2.05, 4.69) is 11.6 Å². The normalized spacial score (nSPS) is 11.7. The first-order valence-electron chi connectivity index (χ1n) is 6.84. The van der Waals surface area contributed by atoms with Crippen molar-refractivity contribution >= 4 is 5.97 Å². The van der Waals surface area contributed by atoms with Crippen molar-refractivity contribution < 1.29 is 9.53 Å². The largest absolute Gasteiger partial charge is 0.469 e. The van der Waals surface area contributed by atoms with E-state index in [0.29, 0.717) is 6.42 Å². The fourth-order valence-corrected chi connectivity index (χ4v) is 2.26. The predicted molar refractivity (Wildman–Crippen MR) is 83.9 cm³/mol. The van der Waals surface area contributed by atoms with Gasteiger partial charge in [-0.25, -0.2) is 0 Å². The summed E-state index contributed by atoms with van der Waals surface area (Å²) in [5, 5.41) is 0. The lowest BCUT2D eigenvalue weighted by Crippen LogP contribution is -2.15. The van der Waals surface area contributed by atoms with Crippen LogP contribution in [0.3, 0.4) is 0 Å². The first-order valence-corrected chi connectivity index (χ1v) is 6.84. The number of hydrogen-bond acceptors (Lipinski definition) is 3. The highest BCUT2D eigenvalue weighted by Crippen LogP contribution is 2.27. The number of rotatable bonds is 5. The number of pyridine rings is 1. The molecule has 108 valence electrons. The van der Waals surface area contributed by atoms with Gasteiger partial charge in [0.15, 0.2) is 0 Å². The van der Waals surface area contributed by atoms with Crippen molar-refractivity contribution in [2.75, 3.05) is 7.11 Å². The summed E-state index contributed by atoms with van der Waals surface area (Å²) in [6.07, 6.45) is 4.08. The number of nitrogens with zero attached hydrogens (tertiary/aromatic N) is 1. The van der Waals surface area contributed by atoms with Gasteiger partial charge in [-0.3, -0.25) is 9.78 Å². The molecule has 0 aliphatic heterocycles. The first-order chi connectivity index (χ1) is 10.1. The molecule has 0 bridgehead atoms. The molecule has 0 spiro atoms. The van der Waals surface area contributed by atoms with E-state index in [9.17, 15) is 4.79 Å². The molecule has 0 fully saturated rings. The van der Waals surface area contributed by atoms with Crippen molar-refractivity contribution in [3.8, 4) is 11.1 Å². The van der Waals surface area contributed by atoms with Gasteiger partial charge < -0.3 is 4.74 Å². The second-order valence-electron chi connectivity index (χ2n) is 5.11. The zero-order valence-corrected chi connectivity index (χ0v) is 12.4. The standard InChI is InChI=1S/C18H19NO2/c1-13(2)9-17(18(20)21-3)16-10-15(11-19-12-16)14-7-5-4-6-8-14/h4-8,10-12,17H,1,9H2,2-3H3/t17-/m0/s1. The van der Waals surface area contributed by atoms with Gasteiger partial charge in [0.25, 0.3) is 0 Å². The number of methoxy groups -OCH3 is 1. The molecule has 1 aromatic heterocycles. The van der Waals surface area contributed by atoms with E-state index in [4.69, 9.17) is 4.74 Å². The van der Waals surface area contributed by atoms with E-state index < -0.39 is 0 Å². The average Bonchev–Trinajstić information content (AvgIpc) is 2.52. The Hall–Kier alpha value is -2.42. The second-order valence-corrected chi connectivity index (χ2v) is 5.11. The Bertz CT molecular complexity index is 635. The van der Waals surface area contributed by atoms with E-state index in [1.54, 1.807) is 12.4 Å². The zero-order chi connectivity index (χ0) is 15.2. The SMILES string of the molecule is C=C(C)C[C@H](C(=O)OC)c1cncc(-c2ccccc2)c1. The molecule has 0 radical (unpaired) electrons. The molecule has 0 saturated heterocycles. The number of aromatic nitrogens is 1. The van der Waals surface area contributed by atoms with Crippen LogP contribution in [0.25, 0.3) is 11.1 Å². The third-order valence-corrected chi connectivity index (χ3v) is 3.31. The minimum atomic E-state index is -0.358. The Kier molecular flexibility index (Phi) is 4.88. The van der Waals surface area contributed by atoms with Crippen LogP contribution in [0.4, 0.5) is 0 Å². The number of ether oxygens (including phenoxy) is 1. The van der Waals surface area contributed by atoms with E-state index >= 15 is 0 Å². The zero-order valence-electron chi connectivity index (χ0n) is 12.4. The first kappa shape index (κ1) is 15.0. The summed E-state index contributed by atoms with van der Waals surface area (Å²) < 4.78 is 4.91. The third kappa shape index (κ3) is 3.78. The van der Waals surface area contributed by atoms with Gasteiger partial charge in [0, 0.05) is 18.0 Å². The van der Waals surface area contributed by atoms with Crippen LogP contribution in [-0.2, 0) is 9.53 Å². The fourth-order valence-electron chi connectivity index (χ4n) is 2.26. The van der Waals surface area contributed by atoms with Crippen LogP contribution in [0.2, 0.25) is 0 Å². The molecule has 0 saturated carbocycles. The number of carbonyl (C=O) groups is 1. The lowest BCUT2D eigenvalue weighted by Gasteiger charge is -2.15. The summed E-state index contributed by atoms with van der Waals surface area (Å²) >= 11 is 0. The van der Waals surface area contributed by atoms with Gasteiger partial charge in [0.05, 0.1) is 13.0 Å². The highest BCUT2D eigenvalue weighted by molar-refractivity contribution is 5.79. The van der Waals surface area contributed by atoms with Crippen LogP contribution >= 0.6 is 0 Å². The maximum absolute atomic E-state index is 12.0. The number of carbonyl (C=O) groups excluding carboxylic acids is 1. The van der Waals surface area contributed by atoms with Crippen LogP contribution < -0.4 is 0 Å². The van der Waals surface area contributed by atoms with Crippen LogP contribution in [0.1, 0.15) is 24.8 Å². The van der Waals surface area contributed by atoms with Crippen LogP contribution in [0, 0.1) is 0 Å². The van der Waals surface area contributed by atoms with Crippen molar-refractivity contribution in [3.05, 3.63) is 66.5 Å². The molecule has 0 amide bonds. The van der Waals surface area contributed by atoms with Crippen LogP contribution in [0.15, 0.2) is 60.9 Å². The number of hydrogen-bond donors (Lipinski definition) is 0. The molecule has 1 heterocycles. The molecule has 0 unspecified atom stereocenters. The van der Waals surface area contributed by atoms with Gasteiger partial charge in [-0.2, -0.15) is 0 Å². The molecule has 0 aliphatic carbocycles. The highest BCUT2D eigenvalue weighted by atomic mass is 16.5. The Morgan fingerprint density at radius 1 is 1.24 bits per heavy atom. The Morgan fingerprint density at radius 2 is 1.95 bits per heavy atom. The second kappa shape index (κ2) is 6.84. The smallest absolute Gasteiger partial charge is 0.313 e. The van der Waals surface area contributed by atoms with Crippen molar-refractivity contribution in [2.45, 2.75) is 19.3 Å². The number of benzene rings is 1. The fraction of sp³-hybridized carbons (Fsp3) is 0.222. The minimum Gasteiger partial charge on any atom is -0.469 e. The maximum atomic E-state index is 12.0. The molecule has 1 aromatic carbocycles. The molecule has 2 rings (SSSR count). The molecule has 0 N–H and O–H groups in total. The quantitative estimate of drug-likeness (QED) is 0.615. The molecule has 3 heteroatoms. The van der Waals surface area contributed by atoms with Gasteiger partial charge >= 0.3 is 5.97 Å². The maximum Gasteiger partial charge on any atom is 0.313 e. The summed E-state index contributed by atoms with van der Waals surface area (Å²) in [7, 11) is 1.40. The Balaban J connectivity index is 2.38. The van der Waals surface area contributed by atoms with Crippen LogP contribution in [0.5, 0.6) is 0 Å². The van der Waals surface area contributed by atoms with Gasteiger partial charge in [-0.1, -0.05) is 35.9 Å². The molecule has 3 nitrogen and oxygen atoms in total. The summed E-state index contributed by atoms with van der Waals surface area (Å²) in [5.74, 6) is -0.617. The lowest BCUT2D eigenvalue weighted by atomic mass is 9.92. The van der Waals surface area contributed by atoms with Gasteiger partial charge in [0.1, 0.15) is 0 Å². The number of allylic oxidation sites excluding steroid dienone is 1. The van der Waals surface area contributed by atoms with Gasteiger partial charge in [-0.05, 0) is 30.5 Å². The molecule has 2 aromatic rings. The van der Waals surface area contributed by atoms with Crippen molar-refractivity contribution in [1.82, 2.24) is 4.98 Å². The van der Waals surface area contributed by atoms with E-state index in [1.165, 1.54) is 7.11 Å². The van der Waals surface area contributed by atoms with Gasteiger partial charge in [-0.15, -0.1) is 6.58 Å². The summed E-state index contributed by atoms with van der Waals surface area (Å²) in [5.41, 5.74) is 3.86. The summed E-state index contributed by atoms with van der Waals surface area (Å²) in [6, 6.07) is 12.0. The molecular weight excluding hydrogens is 262 g/mol. The Labute approximate surface area is 125 Å². The summed E-state index contributed by atoms with van der Waals surface area (Å²) in [6.45, 7) is 5.80. The van der Waals surface area contributed by atoms with Crippen LogP contribution in [-0.4, -0.2) is 18.1 Å². The minimum absolute atomic E-state index is 0.259. The molecule has 1 atom stereocenters. The average molecular weight is 281 g/mol. The van der Waals surface area contributed by atoms with Crippen molar-refractivity contribution in [3.63, 3.8) is 0 Å². The van der Waals surface area contributed by atoms with Crippen molar-refractivity contribution in [1.29, 1.82) is 0 Å². The van der Waals surface area contributed by atoms with Crippen molar-refractivity contribution in [2.24, 2.45) is 0 Å². The topological polar surface area (TPSA) is 39.2 Å². The predicted octanol–water partition coefficient (Wildman–Crippen LogP) is 3.97. The lowest BCUT2D eigenvalue weighted by molar-refractivity contribution is -0.142. The molecule has 0 aliphatic rings. The highest BCUT2D eigenvalue weighted by Gasteiger charge is 2.22. The molecular formula is C18H19NO2. The summed E-state index contributed by atoms with van der Waals surface area (Å²) in [4.78, 5) is 16.3. The third-order valence-electron chi connectivity index (χ3n) is 3.31. The van der Waals surface area contributed by atoms with E-state index in [-0.39, 0.29) is 11.9 Å². The molecule has 21 heavy (non-hydrogen) atoms.